The number of hydrogen-bond donors (Lipinski definition) is 1. The minimum absolute atomic E-state index is 0.524. The van der Waals surface area contributed by atoms with E-state index in [0.29, 0.717) is 11.5 Å². The largest absolute Gasteiger partial charge is 0.311 e. The smallest absolute Gasteiger partial charge is 0.0146 e. The quantitative estimate of drug-likeness (QED) is 0.817. The summed E-state index contributed by atoms with van der Waals surface area (Å²) in [5, 5.41) is 3.79. The second-order valence-corrected chi connectivity index (χ2v) is 7.54. The SMILES string of the molecule is CCC1CCN(C2CCCCC2(C)C)CCC(C)N1. The molecule has 2 aliphatic rings. The molecule has 0 amide bonds. The van der Waals surface area contributed by atoms with E-state index in [0.717, 1.165) is 12.1 Å². The third-order valence-corrected chi connectivity index (χ3v) is 5.52. The molecule has 0 spiro atoms. The van der Waals surface area contributed by atoms with Crippen LogP contribution in [0.5, 0.6) is 0 Å². The average Bonchev–Trinajstić information content (AvgIpc) is 2.35. The molecule has 0 bridgehead atoms. The van der Waals surface area contributed by atoms with Crippen LogP contribution in [0.2, 0.25) is 0 Å². The molecule has 0 aromatic heterocycles. The summed E-state index contributed by atoms with van der Waals surface area (Å²) in [6.07, 6.45) is 9.62. The zero-order valence-corrected chi connectivity index (χ0v) is 13.5. The maximum atomic E-state index is 3.79. The van der Waals surface area contributed by atoms with Crippen molar-refractivity contribution in [2.45, 2.75) is 90.8 Å². The van der Waals surface area contributed by atoms with Crippen LogP contribution in [0.25, 0.3) is 0 Å². The van der Waals surface area contributed by atoms with Crippen molar-refractivity contribution in [3.63, 3.8) is 0 Å². The van der Waals surface area contributed by atoms with Crippen LogP contribution in [-0.2, 0) is 0 Å². The molecule has 1 aliphatic heterocycles. The van der Waals surface area contributed by atoms with Gasteiger partial charge in [-0.15, -0.1) is 0 Å². The van der Waals surface area contributed by atoms with Gasteiger partial charge in [0.15, 0.2) is 0 Å². The summed E-state index contributed by atoms with van der Waals surface area (Å²) in [6, 6.07) is 2.23. The first-order valence-electron chi connectivity index (χ1n) is 8.53. The van der Waals surface area contributed by atoms with Crippen molar-refractivity contribution < 1.29 is 0 Å². The standard InChI is InChI=1S/C17H34N2/c1-5-15-10-13-19(12-9-14(2)18-15)16-8-6-7-11-17(16,3)4/h14-16,18H,5-13H2,1-4H3. The third-order valence-electron chi connectivity index (χ3n) is 5.52. The highest BCUT2D eigenvalue weighted by Crippen LogP contribution is 2.39. The zero-order valence-electron chi connectivity index (χ0n) is 13.5. The van der Waals surface area contributed by atoms with Crippen molar-refractivity contribution in [1.82, 2.24) is 10.2 Å². The van der Waals surface area contributed by atoms with E-state index >= 15 is 0 Å². The van der Waals surface area contributed by atoms with E-state index in [4.69, 9.17) is 0 Å². The number of hydrogen-bond acceptors (Lipinski definition) is 2. The molecular weight excluding hydrogens is 232 g/mol. The fraction of sp³-hybridized carbons (Fsp3) is 1.00. The van der Waals surface area contributed by atoms with Crippen molar-refractivity contribution in [3.05, 3.63) is 0 Å². The number of rotatable bonds is 2. The van der Waals surface area contributed by atoms with Gasteiger partial charge < -0.3 is 5.32 Å². The lowest BCUT2D eigenvalue weighted by molar-refractivity contribution is 0.0380. The predicted octanol–water partition coefficient (Wildman–Crippen LogP) is 3.81. The highest BCUT2D eigenvalue weighted by Gasteiger charge is 2.36. The molecule has 19 heavy (non-hydrogen) atoms. The van der Waals surface area contributed by atoms with Gasteiger partial charge >= 0.3 is 0 Å². The lowest BCUT2D eigenvalue weighted by Gasteiger charge is -2.47. The summed E-state index contributed by atoms with van der Waals surface area (Å²) in [5.74, 6) is 0. The van der Waals surface area contributed by atoms with Crippen LogP contribution in [0.15, 0.2) is 0 Å². The van der Waals surface area contributed by atoms with Crippen LogP contribution in [0.1, 0.15) is 72.6 Å². The summed E-state index contributed by atoms with van der Waals surface area (Å²) >= 11 is 0. The second kappa shape index (κ2) is 6.58. The van der Waals surface area contributed by atoms with E-state index in [2.05, 4.69) is 37.9 Å². The Labute approximate surface area is 120 Å². The summed E-state index contributed by atoms with van der Waals surface area (Å²) < 4.78 is 0. The first-order valence-corrected chi connectivity index (χ1v) is 8.53. The van der Waals surface area contributed by atoms with Gasteiger partial charge in [0.25, 0.3) is 0 Å². The van der Waals surface area contributed by atoms with Gasteiger partial charge in [-0.2, -0.15) is 0 Å². The molecule has 1 saturated carbocycles. The van der Waals surface area contributed by atoms with Crippen molar-refractivity contribution in [1.29, 1.82) is 0 Å². The predicted molar refractivity (Wildman–Crippen MR) is 83.5 cm³/mol. The van der Waals surface area contributed by atoms with Gasteiger partial charge in [0.2, 0.25) is 0 Å². The molecule has 112 valence electrons. The lowest BCUT2D eigenvalue weighted by Crippen LogP contribution is -2.52. The van der Waals surface area contributed by atoms with Crippen LogP contribution in [0.3, 0.4) is 0 Å². The molecule has 2 rings (SSSR count). The molecule has 0 aromatic carbocycles. The van der Waals surface area contributed by atoms with E-state index < -0.39 is 0 Å². The van der Waals surface area contributed by atoms with Crippen LogP contribution in [-0.4, -0.2) is 36.1 Å². The minimum Gasteiger partial charge on any atom is -0.311 e. The maximum Gasteiger partial charge on any atom is 0.0146 e. The number of nitrogens with zero attached hydrogens (tertiary/aromatic N) is 1. The third kappa shape index (κ3) is 3.95. The Bertz CT molecular complexity index is 274. The fourth-order valence-corrected chi connectivity index (χ4v) is 4.15. The highest BCUT2D eigenvalue weighted by atomic mass is 15.2. The molecule has 1 saturated heterocycles. The van der Waals surface area contributed by atoms with Gasteiger partial charge in [0.1, 0.15) is 0 Å². The van der Waals surface area contributed by atoms with E-state index in [1.807, 2.05) is 0 Å². The molecule has 2 nitrogen and oxygen atoms in total. The van der Waals surface area contributed by atoms with Crippen LogP contribution >= 0.6 is 0 Å². The monoisotopic (exact) mass is 266 g/mol. The highest BCUT2D eigenvalue weighted by molar-refractivity contribution is 4.91. The van der Waals surface area contributed by atoms with Gasteiger partial charge in [-0.25, -0.2) is 0 Å². The van der Waals surface area contributed by atoms with Crippen LogP contribution in [0.4, 0.5) is 0 Å². The Hall–Kier alpha value is -0.0800. The minimum atomic E-state index is 0.524. The Morgan fingerprint density at radius 2 is 1.84 bits per heavy atom. The Morgan fingerprint density at radius 3 is 2.53 bits per heavy atom. The van der Waals surface area contributed by atoms with Gasteiger partial charge in [0, 0.05) is 18.1 Å². The fourth-order valence-electron chi connectivity index (χ4n) is 4.15. The normalized spacial score (nSPS) is 37.6. The summed E-state index contributed by atoms with van der Waals surface area (Å²) in [7, 11) is 0. The molecule has 2 fully saturated rings. The van der Waals surface area contributed by atoms with Crippen LogP contribution in [0, 0.1) is 5.41 Å². The van der Waals surface area contributed by atoms with E-state index in [9.17, 15) is 0 Å². The van der Waals surface area contributed by atoms with Crippen molar-refractivity contribution >= 4 is 0 Å². The molecule has 0 aromatic rings. The van der Waals surface area contributed by atoms with Crippen molar-refractivity contribution in [3.8, 4) is 0 Å². The molecule has 1 aliphatic carbocycles. The van der Waals surface area contributed by atoms with Gasteiger partial charge in [0.05, 0.1) is 0 Å². The van der Waals surface area contributed by atoms with E-state index in [1.54, 1.807) is 0 Å². The van der Waals surface area contributed by atoms with Crippen LogP contribution < -0.4 is 5.32 Å². The molecule has 3 atom stereocenters. The Balaban J connectivity index is 2.01. The second-order valence-electron chi connectivity index (χ2n) is 7.54. The summed E-state index contributed by atoms with van der Waals surface area (Å²) in [5.41, 5.74) is 0.524. The van der Waals surface area contributed by atoms with Crippen molar-refractivity contribution in [2.75, 3.05) is 13.1 Å². The Morgan fingerprint density at radius 1 is 1.11 bits per heavy atom. The van der Waals surface area contributed by atoms with E-state index in [1.165, 1.54) is 58.0 Å². The van der Waals surface area contributed by atoms with Crippen molar-refractivity contribution in [2.24, 2.45) is 5.41 Å². The summed E-state index contributed by atoms with van der Waals surface area (Å²) in [4.78, 5) is 2.83. The lowest BCUT2D eigenvalue weighted by atomic mass is 9.72. The first kappa shape index (κ1) is 15.3. The average molecular weight is 266 g/mol. The van der Waals surface area contributed by atoms with Gasteiger partial charge in [-0.05, 0) is 57.5 Å². The number of nitrogens with one attached hydrogen (secondary N) is 1. The zero-order chi connectivity index (χ0) is 13.9. The molecule has 0 radical (unpaired) electrons. The van der Waals surface area contributed by atoms with Gasteiger partial charge in [-0.3, -0.25) is 4.90 Å². The molecule has 1 heterocycles. The molecule has 3 unspecified atom stereocenters. The molecule has 1 N–H and O–H groups in total. The maximum absolute atomic E-state index is 3.79. The Kier molecular flexibility index (Phi) is 5.30. The molecule has 2 heteroatoms. The molecular formula is C17H34N2. The summed E-state index contributed by atoms with van der Waals surface area (Å²) in [6.45, 7) is 12.3. The first-order chi connectivity index (χ1) is 9.03. The topological polar surface area (TPSA) is 15.3 Å². The van der Waals surface area contributed by atoms with Gasteiger partial charge in [-0.1, -0.05) is 33.6 Å². The van der Waals surface area contributed by atoms with E-state index in [-0.39, 0.29) is 0 Å².